The summed E-state index contributed by atoms with van der Waals surface area (Å²) in [5, 5.41) is 0.869. The average Bonchev–Trinajstić information content (AvgIpc) is 2.44. The lowest BCUT2D eigenvalue weighted by molar-refractivity contribution is 0.169. The van der Waals surface area contributed by atoms with Crippen LogP contribution in [0.4, 0.5) is 0 Å². The molecule has 0 amide bonds. The van der Waals surface area contributed by atoms with Gasteiger partial charge in [-0.05, 0) is 63.0 Å². The first kappa shape index (κ1) is 14.8. The lowest BCUT2D eigenvalue weighted by Gasteiger charge is -2.36. The fourth-order valence-corrected chi connectivity index (χ4v) is 3.52. The molecule has 0 saturated carbocycles. The van der Waals surface area contributed by atoms with Crippen LogP contribution >= 0.6 is 11.6 Å². The van der Waals surface area contributed by atoms with Gasteiger partial charge in [0.05, 0.1) is 0 Å². The predicted molar refractivity (Wildman–Crippen MR) is 82.7 cm³/mol. The second kappa shape index (κ2) is 7.28. The summed E-state index contributed by atoms with van der Waals surface area (Å²) in [7, 11) is 0. The number of rotatable bonds is 5. The molecule has 0 aliphatic carbocycles. The van der Waals surface area contributed by atoms with Gasteiger partial charge in [-0.1, -0.05) is 36.7 Å². The van der Waals surface area contributed by atoms with Crippen molar-refractivity contribution in [1.29, 1.82) is 0 Å². The van der Waals surface area contributed by atoms with E-state index in [2.05, 4.69) is 24.0 Å². The Kier molecular flexibility index (Phi) is 5.68. The first-order valence-corrected chi connectivity index (χ1v) is 7.81. The van der Waals surface area contributed by atoms with Gasteiger partial charge in [0.15, 0.2) is 0 Å². The molecule has 0 bridgehead atoms. The first-order chi connectivity index (χ1) is 9.26. The van der Waals surface area contributed by atoms with Crippen LogP contribution in [0.5, 0.6) is 0 Å². The summed E-state index contributed by atoms with van der Waals surface area (Å²) in [5.74, 6) is 1.09. The Morgan fingerprint density at radius 1 is 1.32 bits per heavy atom. The maximum absolute atomic E-state index is 6.33. The highest BCUT2D eigenvalue weighted by Crippen LogP contribution is 2.35. The Labute approximate surface area is 121 Å². The molecule has 3 heteroatoms. The van der Waals surface area contributed by atoms with Crippen LogP contribution in [0.1, 0.15) is 37.7 Å². The zero-order valence-electron chi connectivity index (χ0n) is 11.8. The number of nitrogens with zero attached hydrogens (tertiary/aromatic N) is 1. The molecule has 0 aromatic heterocycles. The molecule has 1 aliphatic heterocycles. The number of halogens is 1. The fraction of sp³-hybridized carbons (Fsp3) is 0.625. The molecule has 1 aromatic carbocycles. The molecule has 19 heavy (non-hydrogen) atoms. The molecule has 2 N–H and O–H groups in total. The molecule has 0 radical (unpaired) electrons. The van der Waals surface area contributed by atoms with E-state index < -0.39 is 0 Å². The Balaban J connectivity index is 2.02. The van der Waals surface area contributed by atoms with Crippen molar-refractivity contribution in [1.82, 2.24) is 4.90 Å². The number of hydrogen-bond acceptors (Lipinski definition) is 2. The summed E-state index contributed by atoms with van der Waals surface area (Å²) in [6, 6.07) is 8.17. The zero-order valence-corrected chi connectivity index (χ0v) is 12.6. The zero-order chi connectivity index (χ0) is 13.7. The second-order valence-corrected chi connectivity index (χ2v) is 5.95. The van der Waals surface area contributed by atoms with Gasteiger partial charge in [0, 0.05) is 10.9 Å². The average molecular weight is 281 g/mol. The minimum absolute atomic E-state index is 0.414. The molecule has 1 aromatic rings. The van der Waals surface area contributed by atoms with Crippen molar-refractivity contribution in [3.05, 3.63) is 34.9 Å². The predicted octanol–water partition coefficient (Wildman–Crippen LogP) is 3.50. The van der Waals surface area contributed by atoms with E-state index in [1.54, 1.807) is 0 Å². The minimum atomic E-state index is 0.414. The highest BCUT2D eigenvalue weighted by Gasteiger charge is 2.27. The Morgan fingerprint density at radius 3 is 2.58 bits per heavy atom. The van der Waals surface area contributed by atoms with Gasteiger partial charge < -0.3 is 10.6 Å². The lowest BCUT2D eigenvalue weighted by Crippen LogP contribution is -2.37. The first-order valence-electron chi connectivity index (χ1n) is 7.43. The quantitative estimate of drug-likeness (QED) is 0.894. The van der Waals surface area contributed by atoms with Crippen molar-refractivity contribution in [2.45, 2.75) is 32.1 Å². The molecule has 1 saturated heterocycles. The van der Waals surface area contributed by atoms with Gasteiger partial charge in [-0.25, -0.2) is 0 Å². The van der Waals surface area contributed by atoms with Gasteiger partial charge in [0.2, 0.25) is 0 Å². The van der Waals surface area contributed by atoms with Gasteiger partial charge in [0.25, 0.3) is 0 Å². The van der Waals surface area contributed by atoms with Crippen LogP contribution in [-0.4, -0.2) is 31.1 Å². The van der Waals surface area contributed by atoms with Crippen LogP contribution in [0, 0.1) is 5.92 Å². The van der Waals surface area contributed by atoms with E-state index in [1.165, 1.54) is 44.5 Å². The van der Waals surface area contributed by atoms with Crippen LogP contribution in [0.2, 0.25) is 5.02 Å². The minimum Gasteiger partial charge on any atom is -0.330 e. The summed E-state index contributed by atoms with van der Waals surface area (Å²) >= 11 is 6.33. The molecule has 1 unspecified atom stereocenters. The number of piperidine rings is 1. The van der Waals surface area contributed by atoms with Crippen LogP contribution in [0.15, 0.2) is 24.3 Å². The van der Waals surface area contributed by atoms with Gasteiger partial charge in [-0.3, -0.25) is 0 Å². The molecule has 106 valence electrons. The second-order valence-electron chi connectivity index (χ2n) is 5.54. The highest BCUT2D eigenvalue weighted by atomic mass is 35.5. The van der Waals surface area contributed by atoms with Crippen molar-refractivity contribution >= 4 is 11.6 Å². The summed E-state index contributed by atoms with van der Waals surface area (Å²) in [6.45, 7) is 6.59. The van der Waals surface area contributed by atoms with E-state index >= 15 is 0 Å². The SMILES string of the molecule is CCCN1CCC(C(CN)c2ccccc2Cl)CC1. The molecule has 1 aliphatic rings. The van der Waals surface area contributed by atoms with E-state index in [0.29, 0.717) is 18.4 Å². The number of hydrogen-bond donors (Lipinski definition) is 1. The summed E-state index contributed by atoms with van der Waals surface area (Å²) < 4.78 is 0. The molecule has 1 heterocycles. The molecule has 1 atom stereocenters. The third kappa shape index (κ3) is 3.71. The van der Waals surface area contributed by atoms with Crippen molar-refractivity contribution in [2.24, 2.45) is 11.7 Å². The van der Waals surface area contributed by atoms with E-state index in [4.69, 9.17) is 17.3 Å². The van der Waals surface area contributed by atoms with Gasteiger partial charge in [-0.15, -0.1) is 0 Å². The smallest absolute Gasteiger partial charge is 0.0441 e. The van der Waals surface area contributed by atoms with Crippen molar-refractivity contribution in [3.63, 3.8) is 0 Å². The topological polar surface area (TPSA) is 29.3 Å². The molecule has 2 nitrogen and oxygen atoms in total. The Morgan fingerprint density at radius 2 is 2.00 bits per heavy atom. The Hall–Kier alpha value is -0.570. The maximum atomic E-state index is 6.33. The van der Waals surface area contributed by atoms with Crippen LogP contribution in [-0.2, 0) is 0 Å². The molecule has 2 rings (SSSR count). The summed E-state index contributed by atoms with van der Waals surface area (Å²) in [5.41, 5.74) is 7.26. The lowest BCUT2D eigenvalue weighted by atomic mass is 9.80. The van der Waals surface area contributed by atoms with Crippen LogP contribution < -0.4 is 5.73 Å². The highest BCUT2D eigenvalue weighted by molar-refractivity contribution is 6.31. The molecular formula is C16H25ClN2. The Bertz CT molecular complexity index is 386. The fourth-order valence-electron chi connectivity index (χ4n) is 3.24. The van der Waals surface area contributed by atoms with E-state index in [0.717, 1.165) is 5.02 Å². The van der Waals surface area contributed by atoms with Gasteiger partial charge in [0.1, 0.15) is 0 Å². The van der Waals surface area contributed by atoms with Gasteiger partial charge >= 0.3 is 0 Å². The third-order valence-electron chi connectivity index (χ3n) is 4.30. The van der Waals surface area contributed by atoms with Crippen molar-refractivity contribution in [3.8, 4) is 0 Å². The normalized spacial score (nSPS) is 19.5. The molecule has 1 fully saturated rings. The summed E-state index contributed by atoms with van der Waals surface area (Å²) in [4.78, 5) is 2.57. The molecular weight excluding hydrogens is 256 g/mol. The maximum Gasteiger partial charge on any atom is 0.0441 e. The van der Waals surface area contributed by atoms with E-state index in [-0.39, 0.29) is 0 Å². The number of benzene rings is 1. The number of likely N-dealkylation sites (tertiary alicyclic amines) is 1. The molecule has 0 spiro atoms. The van der Waals surface area contributed by atoms with Crippen LogP contribution in [0.25, 0.3) is 0 Å². The van der Waals surface area contributed by atoms with Crippen molar-refractivity contribution in [2.75, 3.05) is 26.2 Å². The standard InChI is InChI=1S/C16H25ClN2/c1-2-9-19-10-7-13(8-11-19)15(12-18)14-5-3-4-6-16(14)17/h3-6,13,15H,2,7-12,18H2,1H3. The van der Waals surface area contributed by atoms with E-state index in [1.807, 2.05) is 12.1 Å². The largest absolute Gasteiger partial charge is 0.330 e. The van der Waals surface area contributed by atoms with E-state index in [9.17, 15) is 0 Å². The van der Waals surface area contributed by atoms with Crippen LogP contribution in [0.3, 0.4) is 0 Å². The van der Waals surface area contributed by atoms with Gasteiger partial charge in [-0.2, -0.15) is 0 Å². The third-order valence-corrected chi connectivity index (χ3v) is 4.64. The summed E-state index contributed by atoms with van der Waals surface area (Å²) in [6.07, 6.45) is 3.73. The van der Waals surface area contributed by atoms with Crippen molar-refractivity contribution < 1.29 is 0 Å². The monoisotopic (exact) mass is 280 g/mol. The number of nitrogens with two attached hydrogens (primary N) is 1.